The second-order valence-electron chi connectivity index (χ2n) is 4.95. The van der Waals surface area contributed by atoms with E-state index in [9.17, 15) is 4.79 Å². The van der Waals surface area contributed by atoms with E-state index in [1.807, 2.05) is 51.1 Å². The molecule has 104 valence electrons. The molecule has 0 saturated carbocycles. The molecule has 0 aliphatic heterocycles. The molecule has 2 aromatic carbocycles. The normalized spacial score (nSPS) is 10.3. The average molecular weight is 268 g/mol. The summed E-state index contributed by atoms with van der Waals surface area (Å²) in [6, 6.07) is 11.5. The lowest BCUT2D eigenvalue weighted by Gasteiger charge is -2.13. The van der Waals surface area contributed by atoms with Crippen molar-refractivity contribution in [1.82, 2.24) is 0 Å². The van der Waals surface area contributed by atoms with Crippen LogP contribution in [0.2, 0.25) is 0 Å². The summed E-state index contributed by atoms with van der Waals surface area (Å²) in [7, 11) is 0. The molecule has 0 aromatic heterocycles. The van der Waals surface area contributed by atoms with E-state index in [1.165, 1.54) is 0 Å². The zero-order valence-corrected chi connectivity index (χ0v) is 12.2. The van der Waals surface area contributed by atoms with Crippen molar-refractivity contribution in [3.05, 3.63) is 58.7 Å². The van der Waals surface area contributed by atoms with E-state index in [2.05, 4.69) is 5.32 Å². The van der Waals surface area contributed by atoms with E-state index in [0.717, 1.165) is 28.8 Å². The molecule has 0 aliphatic carbocycles. The molecule has 0 heterocycles. The van der Waals surface area contributed by atoms with Gasteiger partial charge in [-0.1, -0.05) is 37.3 Å². The van der Waals surface area contributed by atoms with Crippen molar-refractivity contribution in [2.75, 3.05) is 11.1 Å². The van der Waals surface area contributed by atoms with Crippen LogP contribution in [0.1, 0.15) is 34.0 Å². The molecule has 3 heteroatoms. The Morgan fingerprint density at radius 1 is 1.10 bits per heavy atom. The first-order valence-corrected chi connectivity index (χ1v) is 6.79. The first kappa shape index (κ1) is 14.1. The highest BCUT2D eigenvalue weighted by atomic mass is 16.1. The molecule has 0 spiro atoms. The monoisotopic (exact) mass is 268 g/mol. The average Bonchev–Trinajstić information content (AvgIpc) is 2.43. The van der Waals surface area contributed by atoms with E-state index in [4.69, 9.17) is 5.73 Å². The number of rotatable bonds is 3. The summed E-state index contributed by atoms with van der Waals surface area (Å²) in [5.74, 6) is -0.157. The van der Waals surface area contributed by atoms with Gasteiger partial charge in [-0.05, 0) is 43.0 Å². The zero-order valence-electron chi connectivity index (χ0n) is 12.2. The number of nitrogens with one attached hydrogen (secondary N) is 1. The third-order valence-corrected chi connectivity index (χ3v) is 3.54. The van der Waals surface area contributed by atoms with Crippen LogP contribution < -0.4 is 11.1 Å². The molecule has 2 rings (SSSR count). The second kappa shape index (κ2) is 5.78. The molecule has 0 saturated heterocycles. The Bertz CT molecular complexity index is 627. The van der Waals surface area contributed by atoms with Gasteiger partial charge in [0.25, 0.3) is 5.91 Å². The molecule has 0 unspecified atom stereocenters. The number of carbonyl (C=O) groups is 1. The van der Waals surface area contributed by atoms with E-state index >= 15 is 0 Å². The Kier molecular flexibility index (Phi) is 4.08. The summed E-state index contributed by atoms with van der Waals surface area (Å²) in [5, 5.41) is 2.97. The Labute approximate surface area is 119 Å². The summed E-state index contributed by atoms with van der Waals surface area (Å²) in [5.41, 5.74) is 11.1. The van der Waals surface area contributed by atoms with Crippen LogP contribution in [0.25, 0.3) is 0 Å². The molecule has 0 radical (unpaired) electrons. The van der Waals surface area contributed by atoms with E-state index in [0.29, 0.717) is 11.3 Å². The molecule has 0 bridgehead atoms. The highest BCUT2D eigenvalue weighted by molar-refractivity contribution is 6.08. The van der Waals surface area contributed by atoms with Crippen molar-refractivity contribution < 1.29 is 4.79 Å². The van der Waals surface area contributed by atoms with E-state index in [-0.39, 0.29) is 5.91 Å². The first-order chi connectivity index (χ1) is 9.54. The lowest BCUT2D eigenvalue weighted by Crippen LogP contribution is -2.16. The van der Waals surface area contributed by atoms with Crippen LogP contribution in [-0.4, -0.2) is 5.91 Å². The van der Waals surface area contributed by atoms with Gasteiger partial charge in [-0.3, -0.25) is 4.79 Å². The summed E-state index contributed by atoms with van der Waals surface area (Å²) < 4.78 is 0. The molecule has 0 fully saturated rings. The number of nitrogens with two attached hydrogens (primary N) is 1. The molecule has 2 aromatic rings. The molecule has 1 amide bonds. The van der Waals surface area contributed by atoms with Gasteiger partial charge in [-0.2, -0.15) is 0 Å². The Morgan fingerprint density at radius 3 is 2.30 bits per heavy atom. The molecule has 3 nitrogen and oxygen atoms in total. The summed E-state index contributed by atoms with van der Waals surface area (Å²) >= 11 is 0. The fourth-order valence-corrected chi connectivity index (χ4v) is 2.31. The van der Waals surface area contributed by atoms with Gasteiger partial charge < -0.3 is 11.1 Å². The molecule has 3 N–H and O–H groups in total. The summed E-state index contributed by atoms with van der Waals surface area (Å²) in [4.78, 5) is 12.4. The van der Waals surface area contributed by atoms with Crippen LogP contribution in [0.15, 0.2) is 36.4 Å². The van der Waals surface area contributed by atoms with E-state index in [1.54, 1.807) is 6.07 Å². The number of carbonyl (C=O) groups excluding carboxylic acids is 1. The zero-order chi connectivity index (χ0) is 14.7. The molecule has 0 atom stereocenters. The molecule has 20 heavy (non-hydrogen) atoms. The van der Waals surface area contributed by atoms with Crippen LogP contribution in [0.5, 0.6) is 0 Å². The van der Waals surface area contributed by atoms with Gasteiger partial charge in [-0.25, -0.2) is 0 Å². The highest BCUT2D eigenvalue weighted by Gasteiger charge is 2.13. The fourth-order valence-electron chi connectivity index (χ4n) is 2.31. The standard InChI is InChI=1S/C17H20N2O/c1-4-13-9-6-10-14(15(13)18)17(20)19-16-11(2)7-5-8-12(16)3/h5-10H,4,18H2,1-3H3,(H,19,20). The second-order valence-corrected chi connectivity index (χ2v) is 4.95. The van der Waals surface area contributed by atoms with E-state index < -0.39 is 0 Å². The number of hydrogen-bond donors (Lipinski definition) is 2. The summed E-state index contributed by atoms with van der Waals surface area (Å²) in [6.07, 6.45) is 0.816. The number of anilines is 2. The van der Waals surface area contributed by atoms with Crippen molar-refractivity contribution >= 4 is 17.3 Å². The van der Waals surface area contributed by atoms with Gasteiger partial charge in [0.15, 0.2) is 0 Å². The van der Waals surface area contributed by atoms with Crippen LogP contribution in [-0.2, 0) is 6.42 Å². The first-order valence-electron chi connectivity index (χ1n) is 6.79. The lowest BCUT2D eigenvalue weighted by molar-refractivity contribution is 0.102. The van der Waals surface area contributed by atoms with Gasteiger partial charge >= 0.3 is 0 Å². The minimum atomic E-state index is -0.157. The maximum atomic E-state index is 12.4. The number of benzene rings is 2. The number of nitrogen functional groups attached to an aromatic ring is 1. The minimum Gasteiger partial charge on any atom is -0.398 e. The smallest absolute Gasteiger partial charge is 0.257 e. The van der Waals surface area contributed by atoms with Crippen molar-refractivity contribution in [3.8, 4) is 0 Å². The predicted molar refractivity (Wildman–Crippen MR) is 84.1 cm³/mol. The van der Waals surface area contributed by atoms with Gasteiger partial charge in [0.05, 0.1) is 5.56 Å². The van der Waals surface area contributed by atoms with Gasteiger partial charge in [0.2, 0.25) is 0 Å². The topological polar surface area (TPSA) is 55.1 Å². The highest BCUT2D eigenvalue weighted by Crippen LogP contribution is 2.23. The predicted octanol–water partition coefficient (Wildman–Crippen LogP) is 3.70. The minimum absolute atomic E-state index is 0.157. The number of amides is 1. The molecular weight excluding hydrogens is 248 g/mol. The summed E-state index contributed by atoms with van der Waals surface area (Å²) in [6.45, 7) is 5.99. The number of aryl methyl sites for hydroxylation is 3. The van der Waals surface area contributed by atoms with Gasteiger partial charge in [0, 0.05) is 11.4 Å². The Hall–Kier alpha value is -2.29. The van der Waals surface area contributed by atoms with Crippen LogP contribution in [0.3, 0.4) is 0 Å². The maximum absolute atomic E-state index is 12.4. The van der Waals surface area contributed by atoms with Crippen LogP contribution in [0, 0.1) is 13.8 Å². The van der Waals surface area contributed by atoms with Crippen LogP contribution >= 0.6 is 0 Å². The Balaban J connectivity index is 2.34. The van der Waals surface area contributed by atoms with Crippen molar-refractivity contribution in [1.29, 1.82) is 0 Å². The number of hydrogen-bond acceptors (Lipinski definition) is 2. The lowest BCUT2D eigenvalue weighted by atomic mass is 10.0. The third kappa shape index (κ3) is 2.67. The van der Waals surface area contributed by atoms with Crippen LogP contribution in [0.4, 0.5) is 11.4 Å². The SMILES string of the molecule is CCc1cccc(C(=O)Nc2c(C)cccc2C)c1N. The maximum Gasteiger partial charge on any atom is 0.257 e. The van der Waals surface area contributed by atoms with Crippen molar-refractivity contribution in [3.63, 3.8) is 0 Å². The Morgan fingerprint density at radius 2 is 1.70 bits per heavy atom. The largest absolute Gasteiger partial charge is 0.398 e. The van der Waals surface area contributed by atoms with Gasteiger partial charge in [0.1, 0.15) is 0 Å². The quantitative estimate of drug-likeness (QED) is 0.834. The third-order valence-electron chi connectivity index (χ3n) is 3.54. The van der Waals surface area contributed by atoms with Crippen molar-refractivity contribution in [2.24, 2.45) is 0 Å². The number of para-hydroxylation sites is 2. The van der Waals surface area contributed by atoms with Crippen molar-refractivity contribution in [2.45, 2.75) is 27.2 Å². The fraction of sp³-hybridized carbons (Fsp3) is 0.235. The molecule has 0 aliphatic rings. The van der Waals surface area contributed by atoms with Gasteiger partial charge in [-0.15, -0.1) is 0 Å². The molecular formula is C17H20N2O.